The van der Waals surface area contributed by atoms with Gasteiger partial charge in [0, 0.05) is 21.9 Å². The third-order valence-electron chi connectivity index (χ3n) is 6.24. The van der Waals surface area contributed by atoms with Crippen LogP contribution >= 0.6 is 0 Å². The van der Waals surface area contributed by atoms with Crippen molar-refractivity contribution in [2.45, 2.75) is 0 Å². The summed E-state index contributed by atoms with van der Waals surface area (Å²) in [6, 6.07) is 37.1. The van der Waals surface area contributed by atoms with Gasteiger partial charge in [-0.1, -0.05) is 84.9 Å². The minimum atomic E-state index is 0.860. The standard InChI is InChI=1S/C30H18N2O/c1-2-10-19(11-3-1)29-30(32-24-16-8-7-15-23(24)31-29)28-21-13-5-4-12-20(21)18-26-27(28)22-14-6-9-17-25(22)33-26/h1-18H. The van der Waals surface area contributed by atoms with Crippen LogP contribution in [0.1, 0.15) is 0 Å². The van der Waals surface area contributed by atoms with Gasteiger partial charge in [0.15, 0.2) is 0 Å². The first-order valence-corrected chi connectivity index (χ1v) is 11.0. The number of fused-ring (bicyclic) bond motifs is 5. The molecule has 0 bridgehead atoms. The highest BCUT2D eigenvalue weighted by Gasteiger charge is 2.21. The zero-order valence-electron chi connectivity index (χ0n) is 17.7. The second kappa shape index (κ2) is 7.01. The van der Waals surface area contributed by atoms with Crippen molar-refractivity contribution < 1.29 is 4.42 Å². The number of nitrogens with zero attached hydrogens (tertiary/aromatic N) is 2. The highest BCUT2D eigenvalue weighted by Crippen LogP contribution is 2.43. The molecule has 0 radical (unpaired) electrons. The lowest BCUT2D eigenvalue weighted by Gasteiger charge is -2.14. The Bertz CT molecular complexity index is 1820. The van der Waals surface area contributed by atoms with Crippen molar-refractivity contribution in [2.75, 3.05) is 0 Å². The monoisotopic (exact) mass is 422 g/mol. The molecular formula is C30H18N2O. The van der Waals surface area contributed by atoms with Gasteiger partial charge in [0.25, 0.3) is 0 Å². The van der Waals surface area contributed by atoms with E-state index >= 15 is 0 Å². The topological polar surface area (TPSA) is 38.9 Å². The summed E-state index contributed by atoms with van der Waals surface area (Å²) >= 11 is 0. The van der Waals surface area contributed by atoms with Crippen LogP contribution in [0.4, 0.5) is 0 Å². The number of para-hydroxylation sites is 3. The van der Waals surface area contributed by atoms with Crippen molar-refractivity contribution in [3.8, 4) is 22.5 Å². The molecule has 0 spiro atoms. The molecule has 3 nitrogen and oxygen atoms in total. The van der Waals surface area contributed by atoms with E-state index in [4.69, 9.17) is 14.4 Å². The second-order valence-electron chi connectivity index (χ2n) is 8.22. The first-order valence-electron chi connectivity index (χ1n) is 11.0. The predicted molar refractivity (Wildman–Crippen MR) is 135 cm³/mol. The van der Waals surface area contributed by atoms with Crippen LogP contribution in [-0.2, 0) is 0 Å². The fourth-order valence-corrected chi connectivity index (χ4v) is 4.77. The zero-order chi connectivity index (χ0) is 21.8. The number of aromatic nitrogens is 2. The van der Waals surface area contributed by atoms with Gasteiger partial charge in [-0.2, -0.15) is 0 Å². The van der Waals surface area contributed by atoms with Crippen LogP contribution < -0.4 is 0 Å². The molecule has 3 heteroatoms. The summed E-state index contributed by atoms with van der Waals surface area (Å²) in [7, 11) is 0. The molecule has 2 heterocycles. The Hall–Kier alpha value is -4.50. The van der Waals surface area contributed by atoms with Crippen LogP contribution in [-0.4, -0.2) is 9.97 Å². The molecule has 154 valence electrons. The van der Waals surface area contributed by atoms with Crippen LogP contribution in [0.3, 0.4) is 0 Å². The Kier molecular flexibility index (Phi) is 3.84. The van der Waals surface area contributed by atoms with Crippen molar-refractivity contribution in [2.24, 2.45) is 0 Å². The van der Waals surface area contributed by atoms with Gasteiger partial charge in [-0.15, -0.1) is 0 Å². The molecule has 0 aliphatic heterocycles. The maximum absolute atomic E-state index is 6.31. The Morgan fingerprint density at radius 2 is 1.15 bits per heavy atom. The lowest BCUT2D eigenvalue weighted by Crippen LogP contribution is -1.96. The average Bonchev–Trinajstić information content (AvgIpc) is 3.25. The quantitative estimate of drug-likeness (QED) is 0.283. The van der Waals surface area contributed by atoms with E-state index in [1.807, 2.05) is 54.6 Å². The van der Waals surface area contributed by atoms with E-state index in [-0.39, 0.29) is 0 Å². The van der Waals surface area contributed by atoms with Crippen molar-refractivity contribution in [1.29, 1.82) is 0 Å². The fourth-order valence-electron chi connectivity index (χ4n) is 4.77. The van der Waals surface area contributed by atoms with E-state index in [0.29, 0.717) is 0 Å². The molecule has 0 saturated heterocycles. The molecule has 0 saturated carbocycles. The van der Waals surface area contributed by atoms with E-state index in [1.165, 1.54) is 0 Å². The molecule has 0 aliphatic rings. The number of hydrogen-bond acceptors (Lipinski definition) is 3. The van der Waals surface area contributed by atoms with Gasteiger partial charge in [-0.3, -0.25) is 0 Å². The first kappa shape index (κ1) is 18.1. The van der Waals surface area contributed by atoms with Crippen molar-refractivity contribution in [3.63, 3.8) is 0 Å². The molecular weight excluding hydrogens is 404 g/mol. The predicted octanol–water partition coefficient (Wildman–Crippen LogP) is 8.02. The van der Waals surface area contributed by atoms with Crippen LogP contribution in [0.15, 0.2) is 114 Å². The summed E-state index contributed by atoms with van der Waals surface area (Å²) in [6.07, 6.45) is 0. The summed E-state index contributed by atoms with van der Waals surface area (Å²) in [5, 5.41) is 4.42. The Morgan fingerprint density at radius 3 is 1.97 bits per heavy atom. The van der Waals surface area contributed by atoms with Crippen molar-refractivity contribution in [3.05, 3.63) is 109 Å². The largest absolute Gasteiger partial charge is 0.456 e. The molecule has 0 aliphatic carbocycles. The van der Waals surface area contributed by atoms with Gasteiger partial charge in [0.2, 0.25) is 0 Å². The van der Waals surface area contributed by atoms with Crippen molar-refractivity contribution in [1.82, 2.24) is 9.97 Å². The summed E-state index contributed by atoms with van der Waals surface area (Å²) in [6.45, 7) is 0. The maximum atomic E-state index is 6.31. The molecule has 5 aromatic carbocycles. The third kappa shape index (κ3) is 2.76. The number of furan rings is 1. The van der Waals surface area contributed by atoms with Gasteiger partial charge in [-0.25, -0.2) is 9.97 Å². The van der Waals surface area contributed by atoms with Crippen LogP contribution in [0.25, 0.3) is 66.3 Å². The molecule has 33 heavy (non-hydrogen) atoms. The van der Waals surface area contributed by atoms with E-state index in [0.717, 1.165) is 66.3 Å². The Morgan fingerprint density at radius 1 is 0.515 bits per heavy atom. The molecule has 7 rings (SSSR count). The summed E-state index contributed by atoms with van der Waals surface area (Å²) in [4.78, 5) is 10.3. The fraction of sp³-hybridized carbons (Fsp3) is 0. The molecule has 7 aromatic rings. The Labute approximate surface area is 190 Å². The summed E-state index contributed by atoms with van der Waals surface area (Å²) in [5.41, 5.74) is 7.34. The molecule has 2 aromatic heterocycles. The van der Waals surface area contributed by atoms with E-state index in [1.54, 1.807) is 0 Å². The highest BCUT2D eigenvalue weighted by molar-refractivity contribution is 6.21. The number of hydrogen-bond donors (Lipinski definition) is 0. The van der Waals surface area contributed by atoms with Crippen LogP contribution in [0, 0.1) is 0 Å². The van der Waals surface area contributed by atoms with Gasteiger partial charge in [-0.05, 0) is 35.0 Å². The second-order valence-corrected chi connectivity index (χ2v) is 8.22. The van der Waals surface area contributed by atoms with E-state index in [2.05, 4.69) is 54.6 Å². The zero-order valence-corrected chi connectivity index (χ0v) is 17.7. The highest BCUT2D eigenvalue weighted by atomic mass is 16.3. The lowest BCUT2D eigenvalue weighted by atomic mass is 9.93. The molecule has 0 amide bonds. The van der Waals surface area contributed by atoms with Crippen LogP contribution in [0.5, 0.6) is 0 Å². The van der Waals surface area contributed by atoms with Gasteiger partial charge < -0.3 is 4.42 Å². The SMILES string of the molecule is c1ccc(-c2nc3ccccc3nc2-c2c3ccccc3cc3oc4ccccc4c23)cc1. The van der Waals surface area contributed by atoms with E-state index < -0.39 is 0 Å². The van der Waals surface area contributed by atoms with Gasteiger partial charge in [0.05, 0.1) is 22.4 Å². The lowest BCUT2D eigenvalue weighted by molar-refractivity contribution is 0.669. The first-order chi connectivity index (χ1) is 16.4. The molecule has 0 unspecified atom stereocenters. The Balaban J connectivity index is 1.72. The van der Waals surface area contributed by atoms with E-state index in [9.17, 15) is 0 Å². The van der Waals surface area contributed by atoms with Gasteiger partial charge in [0.1, 0.15) is 11.2 Å². The molecule has 0 fully saturated rings. The smallest absolute Gasteiger partial charge is 0.136 e. The minimum absolute atomic E-state index is 0.860. The summed E-state index contributed by atoms with van der Waals surface area (Å²) in [5.74, 6) is 0. The maximum Gasteiger partial charge on any atom is 0.136 e. The van der Waals surface area contributed by atoms with Gasteiger partial charge >= 0.3 is 0 Å². The normalized spacial score (nSPS) is 11.6. The average molecular weight is 422 g/mol. The van der Waals surface area contributed by atoms with Crippen molar-refractivity contribution >= 4 is 43.7 Å². The molecule has 0 N–H and O–H groups in total. The third-order valence-corrected chi connectivity index (χ3v) is 6.24. The molecule has 0 atom stereocenters. The number of rotatable bonds is 2. The van der Waals surface area contributed by atoms with Crippen LogP contribution in [0.2, 0.25) is 0 Å². The minimum Gasteiger partial charge on any atom is -0.456 e. The number of benzene rings is 5. The summed E-state index contributed by atoms with van der Waals surface area (Å²) < 4.78 is 6.31.